The molecule has 1 atom stereocenters. The molecule has 0 saturated heterocycles. The van der Waals surface area contributed by atoms with Gasteiger partial charge in [0.25, 0.3) is 5.91 Å². The molecule has 0 aromatic heterocycles. The van der Waals surface area contributed by atoms with Crippen LogP contribution in [0.5, 0.6) is 0 Å². The van der Waals surface area contributed by atoms with Crippen LogP contribution < -0.4 is 0 Å². The molecule has 0 heterocycles. The predicted octanol–water partition coefficient (Wildman–Crippen LogP) is 1.17. The van der Waals surface area contributed by atoms with Gasteiger partial charge in [0.15, 0.2) is 0 Å². The highest BCUT2D eigenvalue weighted by Gasteiger charge is 2.18. The van der Waals surface area contributed by atoms with Crippen LogP contribution in [-0.2, 0) is 4.79 Å². The van der Waals surface area contributed by atoms with Gasteiger partial charge in [0.1, 0.15) is 6.04 Å². The summed E-state index contributed by atoms with van der Waals surface area (Å²) in [4.78, 5) is 16.2. The molecule has 0 radical (unpaired) electrons. The lowest BCUT2D eigenvalue weighted by molar-refractivity contribution is -0.126. The SMILES string of the molecule is [C-]#[N+]C[C@@H](C)N(CC)C(=O)C#CC. The van der Waals surface area contributed by atoms with Crippen LogP contribution in [0.25, 0.3) is 4.85 Å². The molecule has 0 aromatic carbocycles. The monoisotopic (exact) mass is 178 g/mol. The molecule has 0 aliphatic rings. The van der Waals surface area contributed by atoms with Crippen LogP contribution in [-0.4, -0.2) is 29.9 Å². The fourth-order valence-electron chi connectivity index (χ4n) is 1.06. The Labute approximate surface area is 79.5 Å². The molecule has 70 valence electrons. The quantitative estimate of drug-likeness (QED) is 0.470. The first kappa shape index (κ1) is 11.5. The van der Waals surface area contributed by atoms with E-state index in [1.165, 1.54) is 0 Å². The number of hydrogen-bond donors (Lipinski definition) is 0. The molecule has 0 bridgehead atoms. The molecule has 1 amide bonds. The number of hydrogen-bond acceptors (Lipinski definition) is 1. The molecule has 0 spiro atoms. The van der Waals surface area contributed by atoms with Crippen LogP contribution in [0.2, 0.25) is 0 Å². The van der Waals surface area contributed by atoms with Crippen molar-refractivity contribution in [1.82, 2.24) is 4.90 Å². The second-order valence-electron chi connectivity index (χ2n) is 2.66. The number of carbonyl (C=O) groups excluding carboxylic acids is 1. The van der Waals surface area contributed by atoms with E-state index in [1.807, 2.05) is 13.8 Å². The Morgan fingerprint density at radius 2 is 2.31 bits per heavy atom. The van der Waals surface area contributed by atoms with E-state index in [1.54, 1.807) is 11.8 Å². The summed E-state index contributed by atoms with van der Waals surface area (Å²) in [5.74, 6) is 4.84. The van der Waals surface area contributed by atoms with Gasteiger partial charge in [-0.3, -0.25) is 4.79 Å². The fraction of sp³-hybridized carbons (Fsp3) is 0.600. The van der Waals surface area contributed by atoms with Gasteiger partial charge in [-0.25, -0.2) is 6.57 Å². The van der Waals surface area contributed by atoms with E-state index in [2.05, 4.69) is 16.7 Å². The molecule has 0 saturated carbocycles. The van der Waals surface area contributed by atoms with Gasteiger partial charge < -0.3 is 9.74 Å². The molecule has 3 nitrogen and oxygen atoms in total. The van der Waals surface area contributed by atoms with E-state index in [9.17, 15) is 4.79 Å². The lowest BCUT2D eigenvalue weighted by Crippen LogP contribution is -2.39. The highest BCUT2D eigenvalue weighted by molar-refractivity contribution is 5.93. The van der Waals surface area contributed by atoms with Crippen LogP contribution in [0.4, 0.5) is 0 Å². The van der Waals surface area contributed by atoms with Gasteiger partial charge in [-0.15, -0.1) is 0 Å². The van der Waals surface area contributed by atoms with Crippen molar-refractivity contribution in [3.8, 4) is 11.8 Å². The summed E-state index contributed by atoms with van der Waals surface area (Å²) in [5.41, 5.74) is 0. The number of carbonyl (C=O) groups is 1. The maximum Gasteiger partial charge on any atom is 0.298 e. The van der Waals surface area contributed by atoms with Gasteiger partial charge in [0.2, 0.25) is 6.54 Å². The van der Waals surface area contributed by atoms with Crippen LogP contribution >= 0.6 is 0 Å². The highest BCUT2D eigenvalue weighted by Crippen LogP contribution is 1.99. The van der Waals surface area contributed by atoms with Crippen molar-refractivity contribution in [2.45, 2.75) is 26.8 Å². The van der Waals surface area contributed by atoms with Crippen molar-refractivity contribution in [2.75, 3.05) is 13.1 Å². The van der Waals surface area contributed by atoms with Gasteiger partial charge in [-0.05, 0) is 26.7 Å². The standard InChI is InChI=1S/C10H14N2O/c1-5-7-10(13)12(6-2)9(3)8-11-4/h9H,6,8H2,1-3H3/t9-/m1/s1. The minimum Gasteiger partial charge on any atom is -0.322 e. The average Bonchev–Trinajstić information content (AvgIpc) is 2.06. The second-order valence-corrected chi connectivity index (χ2v) is 2.66. The highest BCUT2D eigenvalue weighted by atomic mass is 16.2. The van der Waals surface area contributed by atoms with E-state index < -0.39 is 0 Å². The molecule has 0 aliphatic carbocycles. The maximum absolute atomic E-state index is 11.3. The van der Waals surface area contributed by atoms with Gasteiger partial charge >= 0.3 is 0 Å². The van der Waals surface area contributed by atoms with Crippen molar-refractivity contribution >= 4 is 5.91 Å². The second kappa shape index (κ2) is 6.08. The summed E-state index contributed by atoms with van der Waals surface area (Å²) in [6.07, 6.45) is 0. The zero-order valence-corrected chi connectivity index (χ0v) is 8.29. The van der Waals surface area contributed by atoms with E-state index >= 15 is 0 Å². The van der Waals surface area contributed by atoms with Crippen LogP contribution in [0.15, 0.2) is 0 Å². The van der Waals surface area contributed by atoms with Crippen molar-refractivity contribution < 1.29 is 4.79 Å². The van der Waals surface area contributed by atoms with Crippen molar-refractivity contribution in [1.29, 1.82) is 0 Å². The Morgan fingerprint density at radius 3 is 2.69 bits per heavy atom. The topological polar surface area (TPSA) is 24.7 Å². The van der Waals surface area contributed by atoms with Crippen molar-refractivity contribution in [3.05, 3.63) is 11.4 Å². The summed E-state index contributed by atoms with van der Waals surface area (Å²) in [6, 6.07) is -0.0455. The van der Waals surface area contributed by atoms with Crippen LogP contribution in [0.3, 0.4) is 0 Å². The van der Waals surface area contributed by atoms with Crippen molar-refractivity contribution in [2.24, 2.45) is 0 Å². The normalized spacial score (nSPS) is 10.6. The Hall–Kier alpha value is -1.48. The first-order chi connectivity index (χ1) is 6.17. The molecular formula is C10H14N2O. The molecule has 0 fully saturated rings. The summed E-state index contributed by atoms with van der Waals surface area (Å²) in [7, 11) is 0. The summed E-state index contributed by atoms with van der Waals surface area (Å²) in [5, 5.41) is 0. The number of rotatable bonds is 3. The number of amides is 1. The molecule has 0 N–H and O–H groups in total. The zero-order chi connectivity index (χ0) is 10.3. The van der Waals surface area contributed by atoms with Gasteiger partial charge in [0, 0.05) is 6.54 Å². The Morgan fingerprint density at radius 1 is 1.69 bits per heavy atom. The van der Waals surface area contributed by atoms with E-state index in [0.717, 1.165) is 0 Å². The van der Waals surface area contributed by atoms with Gasteiger partial charge in [-0.1, -0.05) is 5.92 Å². The molecule has 0 rings (SSSR count). The number of likely N-dealkylation sites (N-methyl/N-ethyl adjacent to an activating group) is 1. The average molecular weight is 178 g/mol. The molecular weight excluding hydrogens is 164 g/mol. The smallest absolute Gasteiger partial charge is 0.298 e. The fourth-order valence-corrected chi connectivity index (χ4v) is 1.06. The molecule has 0 unspecified atom stereocenters. The third kappa shape index (κ3) is 3.62. The first-order valence-electron chi connectivity index (χ1n) is 4.23. The molecule has 13 heavy (non-hydrogen) atoms. The predicted molar refractivity (Wildman–Crippen MR) is 51.8 cm³/mol. The van der Waals surface area contributed by atoms with Crippen molar-refractivity contribution in [3.63, 3.8) is 0 Å². The van der Waals surface area contributed by atoms with Crippen LogP contribution in [0, 0.1) is 18.4 Å². The molecule has 0 aliphatic heterocycles. The lowest BCUT2D eigenvalue weighted by atomic mass is 10.2. The summed E-state index contributed by atoms with van der Waals surface area (Å²) >= 11 is 0. The Balaban J connectivity index is 4.39. The van der Waals surface area contributed by atoms with E-state index in [4.69, 9.17) is 6.57 Å². The minimum absolute atomic E-state index is 0.0455. The molecule has 3 heteroatoms. The summed E-state index contributed by atoms with van der Waals surface area (Å²) < 4.78 is 0. The Kier molecular flexibility index (Phi) is 5.39. The largest absolute Gasteiger partial charge is 0.322 e. The van der Waals surface area contributed by atoms with Gasteiger partial charge in [-0.2, -0.15) is 0 Å². The van der Waals surface area contributed by atoms with E-state index in [-0.39, 0.29) is 11.9 Å². The third-order valence-electron chi connectivity index (χ3n) is 1.72. The Bertz CT molecular complexity index is 267. The third-order valence-corrected chi connectivity index (χ3v) is 1.72. The maximum atomic E-state index is 11.3. The minimum atomic E-state index is -0.193. The first-order valence-corrected chi connectivity index (χ1v) is 4.23. The summed E-state index contributed by atoms with van der Waals surface area (Å²) in [6.45, 7) is 13.0. The number of nitrogens with zero attached hydrogens (tertiary/aromatic N) is 2. The van der Waals surface area contributed by atoms with Gasteiger partial charge in [0.05, 0.1) is 0 Å². The van der Waals surface area contributed by atoms with Crippen LogP contribution in [0.1, 0.15) is 20.8 Å². The zero-order valence-electron chi connectivity index (χ0n) is 8.29. The van der Waals surface area contributed by atoms with E-state index in [0.29, 0.717) is 13.1 Å². The lowest BCUT2D eigenvalue weighted by Gasteiger charge is -2.21. The molecule has 0 aromatic rings.